The lowest BCUT2D eigenvalue weighted by molar-refractivity contribution is -0.159. The molecule has 0 aromatic rings. The highest BCUT2D eigenvalue weighted by molar-refractivity contribution is 5.85. The zero-order valence-electron chi connectivity index (χ0n) is 13.6. The Bertz CT molecular complexity index is 378. The summed E-state index contributed by atoms with van der Waals surface area (Å²) in [5.41, 5.74) is 3.86. The van der Waals surface area contributed by atoms with E-state index in [1.807, 2.05) is 20.8 Å². The Labute approximate surface area is 126 Å². The standard InChI is InChI=1S/C15H28N2O4/c1-14(2,3)21-13(19)17-10-6-5-8-15(17,4)12(18)20-11-7-9-16/h5-11,16H2,1-4H3. The van der Waals surface area contributed by atoms with E-state index < -0.39 is 17.2 Å². The molecule has 0 saturated carbocycles. The van der Waals surface area contributed by atoms with Crippen molar-refractivity contribution in [3.63, 3.8) is 0 Å². The number of hydrogen-bond acceptors (Lipinski definition) is 5. The molecule has 1 atom stereocenters. The van der Waals surface area contributed by atoms with Crippen molar-refractivity contribution in [2.75, 3.05) is 19.7 Å². The average Bonchev–Trinajstić information content (AvgIpc) is 2.37. The fraction of sp³-hybridized carbons (Fsp3) is 0.867. The quantitative estimate of drug-likeness (QED) is 0.635. The lowest BCUT2D eigenvalue weighted by Gasteiger charge is -2.42. The first-order valence-corrected chi connectivity index (χ1v) is 7.58. The maximum absolute atomic E-state index is 12.4. The molecule has 1 unspecified atom stereocenters. The van der Waals surface area contributed by atoms with Gasteiger partial charge < -0.3 is 15.2 Å². The van der Waals surface area contributed by atoms with Crippen LogP contribution in [0.2, 0.25) is 0 Å². The van der Waals surface area contributed by atoms with Crippen LogP contribution in [0.3, 0.4) is 0 Å². The molecule has 1 rings (SSSR count). The van der Waals surface area contributed by atoms with Gasteiger partial charge >= 0.3 is 12.1 Å². The number of esters is 1. The summed E-state index contributed by atoms with van der Waals surface area (Å²) in [7, 11) is 0. The molecule has 6 nitrogen and oxygen atoms in total. The maximum atomic E-state index is 12.4. The zero-order valence-corrected chi connectivity index (χ0v) is 13.6. The summed E-state index contributed by atoms with van der Waals surface area (Å²) in [5, 5.41) is 0. The lowest BCUT2D eigenvalue weighted by Crippen LogP contribution is -2.59. The highest BCUT2D eigenvalue weighted by atomic mass is 16.6. The van der Waals surface area contributed by atoms with Crippen LogP contribution in [0.1, 0.15) is 53.4 Å². The van der Waals surface area contributed by atoms with E-state index in [0.29, 0.717) is 25.9 Å². The van der Waals surface area contributed by atoms with Crippen LogP contribution >= 0.6 is 0 Å². The molecule has 1 amide bonds. The van der Waals surface area contributed by atoms with Crippen LogP contribution in [0, 0.1) is 0 Å². The van der Waals surface area contributed by atoms with Crippen LogP contribution in [-0.4, -0.2) is 47.8 Å². The molecule has 21 heavy (non-hydrogen) atoms. The predicted octanol–water partition coefficient (Wildman–Crippen LogP) is 2.06. The normalized spacial score (nSPS) is 22.8. The molecule has 1 aliphatic rings. The molecule has 0 aromatic heterocycles. The summed E-state index contributed by atoms with van der Waals surface area (Å²) in [6.07, 6.45) is 2.51. The number of ether oxygens (including phenoxy) is 2. The number of amides is 1. The van der Waals surface area contributed by atoms with Crippen molar-refractivity contribution in [2.24, 2.45) is 5.73 Å². The fourth-order valence-electron chi connectivity index (χ4n) is 2.35. The van der Waals surface area contributed by atoms with Gasteiger partial charge in [-0.05, 0) is 59.9 Å². The molecule has 1 heterocycles. The Balaban J connectivity index is 2.79. The summed E-state index contributed by atoms with van der Waals surface area (Å²) in [6, 6.07) is 0. The highest BCUT2D eigenvalue weighted by Gasteiger charge is 2.46. The maximum Gasteiger partial charge on any atom is 0.411 e. The molecule has 0 radical (unpaired) electrons. The summed E-state index contributed by atoms with van der Waals surface area (Å²) in [5.74, 6) is -0.374. The number of rotatable bonds is 4. The van der Waals surface area contributed by atoms with Crippen molar-refractivity contribution in [3.8, 4) is 0 Å². The fourth-order valence-corrected chi connectivity index (χ4v) is 2.35. The van der Waals surface area contributed by atoms with Gasteiger partial charge in [0.2, 0.25) is 0 Å². The lowest BCUT2D eigenvalue weighted by atomic mass is 9.89. The minimum Gasteiger partial charge on any atom is -0.464 e. The number of carbonyl (C=O) groups is 2. The summed E-state index contributed by atoms with van der Waals surface area (Å²) < 4.78 is 10.7. The minimum absolute atomic E-state index is 0.285. The molecular weight excluding hydrogens is 272 g/mol. The third-order valence-corrected chi connectivity index (χ3v) is 3.53. The highest BCUT2D eigenvalue weighted by Crippen LogP contribution is 2.30. The number of likely N-dealkylation sites (tertiary alicyclic amines) is 1. The number of piperidine rings is 1. The molecule has 1 saturated heterocycles. The van der Waals surface area contributed by atoms with E-state index >= 15 is 0 Å². The number of nitrogens with zero attached hydrogens (tertiary/aromatic N) is 1. The van der Waals surface area contributed by atoms with E-state index in [1.54, 1.807) is 6.92 Å². The van der Waals surface area contributed by atoms with Crippen LogP contribution in [0.5, 0.6) is 0 Å². The van der Waals surface area contributed by atoms with Crippen molar-refractivity contribution in [1.29, 1.82) is 0 Å². The Kier molecular flexibility index (Phi) is 6.01. The monoisotopic (exact) mass is 300 g/mol. The Hall–Kier alpha value is -1.30. The summed E-state index contributed by atoms with van der Waals surface area (Å²) in [6.45, 7) is 8.45. The molecule has 1 fully saturated rings. The molecular formula is C15H28N2O4. The van der Waals surface area contributed by atoms with Crippen molar-refractivity contribution < 1.29 is 19.1 Å². The molecule has 0 aromatic carbocycles. The van der Waals surface area contributed by atoms with Crippen LogP contribution in [0.4, 0.5) is 4.79 Å². The van der Waals surface area contributed by atoms with Crippen molar-refractivity contribution in [2.45, 2.75) is 64.5 Å². The number of hydrogen-bond donors (Lipinski definition) is 1. The van der Waals surface area contributed by atoms with E-state index in [9.17, 15) is 9.59 Å². The largest absolute Gasteiger partial charge is 0.464 e. The van der Waals surface area contributed by atoms with Gasteiger partial charge in [-0.15, -0.1) is 0 Å². The molecule has 2 N–H and O–H groups in total. The van der Waals surface area contributed by atoms with Gasteiger partial charge in [0.05, 0.1) is 6.61 Å². The van der Waals surface area contributed by atoms with Gasteiger partial charge in [-0.3, -0.25) is 4.90 Å². The minimum atomic E-state index is -0.949. The molecule has 122 valence electrons. The van der Waals surface area contributed by atoms with E-state index in [2.05, 4.69) is 0 Å². The Morgan fingerprint density at radius 3 is 2.52 bits per heavy atom. The third kappa shape index (κ3) is 4.88. The van der Waals surface area contributed by atoms with Gasteiger partial charge in [-0.2, -0.15) is 0 Å². The van der Waals surface area contributed by atoms with Crippen molar-refractivity contribution in [1.82, 2.24) is 4.90 Å². The van der Waals surface area contributed by atoms with Gasteiger partial charge in [0.25, 0.3) is 0 Å². The van der Waals surface area contributed by atoms with Crippen molar-refractivity contribution in [3.05, 3.63) is 0 Å². The van der Waals surface area contributed by atoms with Crippen LogP contribution in [0.25, 0.3) is 0 Å². The van der Waals surface area contributed by atoms with Gasteiger partial charge in [-0.25, -0.2) is 9.59 Å². The molecule has 0 bridgehead atoms. The second-order valence-corrected chi connectivity index (χ2v) is 6.64. The Morgan fingerprint density at radius 1 is 1.29 bits per heavy atom. The average molecular weight is 300 g/mol. The van der Waals surface area contributed by atoms with Gasteiger partial charge in [0, 0.05) is 6.54 Å². The summed E-state index contributed by atoms with van der Waals surface area (Å²) >= 11 is 0. The van der Waals surface area contributed by atoms with Crippen LogP contribution in [0.15, 0.2) is 0 Å². The van der Waals surface area contributed by atoms with Crippen molar-refractivity contribution >= 4 is 12.1 Å². The first-order chi connectivity index (χ1) is 9.70. The van der Waals surface area contributed by atoms with Gasteiger partial charge in [-0.1, -0.05) is 0 Å². The van der Waals surface area contributed by atoms with Crippen LogP contribution < -0.4 is 5.73 Å². The third-order valence-electron chi connectivity index (χ3n) is 3.53. The van der Waals surface area contributed by atoms with E-state index in [0.717, 1.165) is 12.8 Å². The van der Waals surface area contributed by atoms with Crippen LogP contribution in [-0.2, 0) is 14.3 Å². The predicted molar refractivity (Wildman–Crippen MR) is 79.8 cm³/mol. The number of carbonyl (C=O) groups excluding carboxylic acids is 2. The second kappa shape index (κ2) is 7.11. The molecule has 0 spiro atoms. The van der Waals surface area contributed by atoms with E-state index in [1.165, 1.54) is 4.90 Å². The number of nitrogens with two attached hydrogens (primary N) is 1. The first kappa shape index (κ1) is 17.8. The smallest absolute Gasteiger partial charge is 0.411 e. The van der Waals surface area contributed by atoms with E-state index in [4.69, 9.17) is 15.2 Å². The molecule has 6 heteroatoms. The Morgan fingerprint density at radius 2 is 1.95 bits per heavy atom. The van der Waals surface area contributed by atoms with Gasteiger partial charge in [0.15, 0.2) is 0 Å². The first-order valence-electron chi connectivity index (χ1n) is 7.58. The van der Waals surface area contributed by atoms with E-state index in [-0.39, 0.29) is 12.6 Å². The molecule has 0 aliphatic carbocycles. The topological polar surface area (TPSA) is 81.9 Å². The second-order valence-electron chi connectivity index (χ2n) is 6.64. The summed E-state index contributed by atoms with van der Waals surface area (Å²) in [4.78, 5) is 26.2. The zero-order chi connectivity index (χ0) is 16.1. The molecule has 1 aliphatic heterocycles. The SMILES string of the molecule is CC(C)(C)OC(=O)N1CCCCC1(C)C(=O)OCCCN. The van der Waals surface area contributed by atoms with Gasteiger partial charge in [0.1, 0.15) is 11.1 Å².